The predicted molar refractivity (Wildman–Crippen MR) is 79.4 cm³/mol. The van der Waals surface area contributed by atoms with Crippen molar-refractivity contribution in [2.75, 3.05) is 18.4 Å². The zero-order chi connectivity index (χ0) is 13.8. The first kappa shape index (κ1) is 14.1. The van der Waals surface area contributed by atoms with Crippen LogP contribution < -0.4 is 5.32 Å². The van der Waals surface area contributed by atoms with Gasteiger partial charge in [0.25, 0.3) is 0 Å². The van der Waals surface area contributed by atoms with Gasteiger partial charge in [0.1, 0.15) is 0 Å². The minimum atomic E-state index is 0.122. The molecule has 1 aromatic carbocycles. The molecule has 1 fully saturated rings. The summed E-state index contributed by atoms with van der Waals surface area (Å²) >= 11 is 0. The van der Waals surface area contributed by atoms with Crippen LogP contribution in [0.3, 0.4) is 0 Å². The third-order valence-electron chi connectivity index (χ3n) is 3.99. The van der Waals surface area contributed by atoms with E-state index in [0.29, 0.717) is 12.5 Å². The van der Waals surface area contributed by atoms with Crippen LogP contribution >= 0.6 is 0 Å². The molecule has 3 heteroatoms. The van der Waals surface area contributed by atoms with E-state index in [-0.39, 0.29) is 5.91 Å². The van der Waals surface area contributed by atoms with Gasteiger partial charge in [0, 0.05) is 18.2 Å². The second kappa shape index (κ2) is 6.20. The highest BCUT2D eigenvalue weighted by molar-refractivity contribution is 5.92. The summed E-state index contributed by atoms with van der Waals surface area (Å²) in [6.45, 7) is 8.49. The number of nitrogens with one attached hydrogen (secondary N) is 1. The van der Waals surface area contributed by atoms with E-state index in [4.69, 9.17) is 0 Å². The molecule has 1 aromatic rings. The molecular weight excluding hydrogens is 236 g/mol. The smallest absolute Gasteiger partial charge is 0.225 e. The van der Waals surface area contributed by atoms with Crippen LogP contribution in [0.1, 0.15) is 37.3 Å². The Morgan fingerprint density at radius 1 is 1.26 bits per heavy atom. The minimum absolute atomic E-state index is 0.122. The largest absolute Gasteiger partial charge is 0.326 e. The topological polar surface area (TPSA) is 32.3 Å². The molecule has 0 aliphatic carbocycles. The molecule has 3 nitrogen and oxygen atoms in total. The van der Waals surface area contributed by atoms with E-state index >= 15 is 0 Å². The average molecular weight is 260 g/mol. The maximum Gasteiger partial charge on any atom is 0.225 e. The molecule has 0 saturated carbocycles. The van der Waals surface area contributed by atoms with Crippen molar-refractivity contribution < 1.29 is 4.79 Å². The normalized spacial score (nSPS) is 17.4. The van der Waals surface area contributed by atoms with Gasteiger partial charge in [-0.3, -0.25) is 4.79 Å². The number of amides is 1. The standard InChI is InChI=1S/C16H24N2O/c1-12-7-6-8-13(2)16(12)17-15(19)11-14(3)18-9-4-5-10-18/h6-8,14H,4-5,9-11H2,1-3H3,(H,17,19). The Balaban J connectivity index is 1.93. The first-order valence-corrected chi connectivity index (χ1v) is 7.18. The second-order valence-electron chi connectivity index (χ2n) is 5.61. The number of anilines is 1. The number of benzene rings is 1. The van der Waals surface area contributed by atoms with Crippen molar-refractivity contribution in [3.8, 4) is 0 Å². The molecule has 0 aromatic heterocycles. The molecule has 1 unspecified atom stereocenters. The summed E-state index contributed by atoms with van der Waals surface area (Å²) in [5, 5.41) is 3.07. The van der Waals surface area contributed by atoms with Crippen LogP contribution in [0.5, 0.6) is 0 Å². The van der Waals surface area contributed by atoms with E-state index in [9.17, 15) is 4.79 Å². The van der Waals surface area contributed by atoms with Gasteiger partial charge in [0.05, 0.1) is 0 Å². The lowest BCUT2D eigenvalue weighted by atomic mass is 10.1. The van der Waals surface area contributed by atoms with Gasteiger partial charge in [-0.05, 0) is 57.8 Å². The van der Waals surface area contributed by atoms with Crippen LogP contribution in [0.2, 0.25) is 0 Å². The third-order valence-corrected chi connectivity index (χ3v) is 3.99. The molecule has 1 N–H and O–H groups in total. The Bertz CT molecular complexity index is 430. The summed E-state index contributed by atoms with van der Waals surface area (Å²) in [4.78, 5) is 14.6. The van der Waals surface area contributed by atoms with E-state index < -0.39 is 0 Å². The Hall–Kier alpha value is -1.35. The van der Waals surface area contributed by atoms with E-state index in [1.165, 1.54) is 12.8 Å². The van der Waals surface area contributed by atoms with Gasteiger partial charge in [-0.15, -0.1) is 0 Å². The number of likely N-dealkylation sites (tertiary alicyclic amines) is 1. The van der Waals surface area contributed by atoms with Crippen molar-refractivity contribution >= 4 is 11.6 Å². The van der Waals surface area contributed by atoms with Crippen molar-refractivity contribution in [1.82, 2.24) is 4.90 Å². The number of carbonyl (C=O) groups is 1. The number of hydrogen-bond donors (Lipinski definition) is 1. The highest BCUT2D eigenvalue weighted by Crippen LogP contribution is 2.20. The molecule has 1 amide bonds. The Morgan fingerprint density at radius 2 is 1.84 bits per heavy atom. The first-order chi connectivity index (χ1) is 9.08. The zero-order valence-corrected chi connectivity index (χ0v) is 12.2. The summed E-state index contributed by atoms with van der Waals surface area (Å²) in [6.07, 6.45) is 3.11. The molecule has 0 bridgehead atoms. The molecule has 1 saturated heterocycles. The Kier molecular flexibility index (Phi) is 4.59. The number of aryl methyl sites for hydroxylation is 2. The molecule has 2 rings (SSSR count). The number of carbonyl (C=O) groups excluding carboxylic acids is 1. The van der Waals surface area contributed by atoms with Crippen LogP contribution in [0.15, 0.2) is 18.2 Å². The second-order valence-corrected chi connectivity index (χ2v) is 5.61. The fourth-order valence-electron chi connectivity index (χ4n) is 2.78. The summed E-state index contributed by atoms with van der Waals surface area (Å²) in [5.41, 5.74) is 3.23. The molecular formula is C16H24N2O. The van der Waals surface area contributed by atoms with Gasteiger partial charge in [0.2, 0.25) is 5.91 Å². The zero-order valence-electron chi connectivity index (χ0n) is 12.2. The van der Waals surface area contributed by atoms with Gasteiger partial charge in [-0.2, -0.15) is 0 Å². The lowest BCUT2D eigenvalue weighted by Gasteiger charge is -2.23. The lowest BCUT2D eigenvalue weighted by Crippen LogP contribution is -2.33. The van der Waals surface area contributed by atoms with Crippen LogP contribution in [-0.4, -0.2) is 29.9 Å². The summed E-state index contributed by atoms with van der Waals surface area (Å²) in [5.74, 6) is 0.122. The molecule has 1 aliphatic heterocycles. The van der Waals surface area contributed by atoms with Gasteiger partial charge < -0.3 is 10.2 Å². The van der Waals surface area contributed by atoms with Crippen molar-refractivity contribution in [3.05, 3.63) is 29.3 Å². The van der Waals surface area contributed by atoms with Crippen molar-refractivity contribution in [2.45, 2.75) is 46.1 Å². The van der Waals surface area contributed by atoms with Crippen molar-refractivity contribution in [2.24, 2.45) is 0 Å². The molecule has 0 spiro atoms. The number of para-hydroxylation sites is 1. The van der Waals surface area contributed by atoms with Crippen LogP contribution in [0, 0.1) is 13.8 Å². The SMILES string of the molecule is Cc1cccc(C)c1NC(=O)CC(C)N1CCCC1. The highest BCUT2D eigenvalue weighted by Gasteiger charge is 2.20. The average Bonchev–Trinajstić information content (AvgIpc) is 2.88. The predicted octanol–water partition coefficient (Wildman–Crippen LogP) is 3.12. The Labute approximate surface area is 116 Å². The first-order valence-electron chi connectivity index (χ1n) is 7.18. The summed E-state index contributed by atoms with van der Waals surface area (Å²) < 4.78 is 0. The summed E-state index contributed by atoms with van der Waals surface area (Å²) in [7, 11) is 0. The third kappa shape index (κ3) is 3.57. The molecule has 19 heavy (non-hydrogen) atoms. The molecule has 1 aliphatic rings. The molecule has 1 heterocycles. The van der Waals surface area contributed by atoms with E-state index in [0.717, 1.165) is 29.9 Å². The van der Waals surface area contributed by atoms with Gasteiger partial charge >= 0.3 is 0 Å². The van der Waals surface area contributed by atoms with Gasteiger partial charge in [-0.1, -0.05) is 18.2 Å². The maximum absolute atomic E-state index is 12.1. The number of nitrogens with zero attached hydrogens (tertiary/aromatic N) is 1. The number of hydrogen-bond acceptors (Lipinski definition) is 2. The monoisotopic (exact) mass is 260 g/mol. The summed E-state index contributed by atoms with van der Waals surface area (Å²) in [6, 6.07) is 6.43. The Morgan fingerprint density at radius 3 is 2.42 bits per heavy atom. The fourth-order valence-corrected chi connectivity index (χ4v) is 2.78. The quantitative estimate of drug-likeness (QED) is 0.902. The van der Waals surface area contributed by atoms with Gasteiger partial charge in [-0.25, -0.2) is 0 Å². The van der Waals surface area contributed by atoms with Crippen LogP contribution in [-0.2, 0) is 4.79 Å². The molecule has 0 radical (unpaired) electrons. The van der Waals surface area contributed by atoms with Crippen molar-refractivity contribution in [1.29, 1.82) is 0 Å². The molecule has 104 valence electrons. The highest BCUT2D eigenvalue weighted by atomic mass is 16.1. The lowest BCUT2D eigenvalue weighted by molar-refractivity contribution is -0.117. The number of rotatable bonds is 4. The van der Waals surface area contributed by atoms with Crippen molar-refractivity contribution in [3.63, 3.8) is 0 Å². The minimum Gasteiger partial charge on any atom is -0.326 e. The van der Waals surface area contributed by atoms with Crippen LogP contribution in [0.25, 0.3) is 0 Å². The van der Waals surface area contributed by atoms with E-state index in [1.807, 2.05) is 32.0 Å². The van der Waals surface area contributed by atoms with Crippen LogP contribution in [0.4, 0.5) is 5.69 Å². The maximum atomic E-state index is 12.1. The van der Waals surface area contributed by atoms with Gasteiger partial charge in [0.15, 0.2) is 0 Å². The van der Waals surface area contributed by atoms with E-state index in [2.05, 4.69) is 17.1 Å². The van der Waals surface area contributed by atoms with E-state index in [1.54, 1.807) is 0 Å². The fraction of sp³-hybridized carbons (Fsp3) is 0.562. The molecule has 1 atom stereocenters.